The van der Waals surface area contributed by atoms with Crippen LogP contribution in [0.15, 0.2) is 78.9 Å². The van der Waals surface area contributed by atoms with E-state index in [0.717, 1.165) is 11.4 Å². The fraction of sp³-hybridized carbons (Fsp3) is 0. The van der Waals surface area contributed by atoms with Crippen molar-refractivity contribution in [1.82, 2.24) is 4.57 Å². The summed E-state index contributed by atoms with van der Waals surface area (Å²) in [6.45, 7) is 0. The second-order valence-electron chi connectivity index (χ2n) is 5.82. The maximum Gasteiger partial charge on any atom is 0.319 e. The lowest BCUT2D eigenvalue weighted by Gasteiger charge is -2.12. The molecule has 1 aromatic heterocycles. The van der Waals surface area contributed by atoms with Gasteiger partial charge in [0.05, 0.1) is 15.8 Å². The van der Waals surface area contributed by atoms with E-state index in [1.54, 1.807) is 10.6 Å². The highest BCUT2D eigenvalue weighted by molar-refractivity contribution is 6.00. The molecule has 4 rings (SSSR count). The quantitative estimate of drug-likeness (QED) is 0.403. The topological polar surface area (TPSA) is 80.3 Å². The number of phenolic OH excluding ortho intramolecular Hbond substituents is 1. The molecule has 0 atom stereocenters. The Labute approximate surface area is 149 Å². The molecule has 0 radical (unpaired) electrons. The Hall–Kier alpha value is -3.80. The van der Waals surface area contributed by atoms with Crippen molar-refractivity contribution in [3.05, 3.63) is 89.0 Å². The van der Waals surface area contributed by atoms with Crippen molar-refractivity contribution in [2.24, 2.45) is 0 Å². The molecule has 3 aromatic carbocycles. The number of phenols is 1. The number of hydrogen-bond acceptors (Lipinski definition) is 4. The van der Waals surface area contributed by atoms with Crippen molar-refractivity contribution in [3.8, 4) is 11.4 Å². The number of rotatable bonds is 4. The molecular formula is C20H15N3O3. The molecule has 0 aliphatic heterocycles. The van der Waals surface area contributed by atoms with Crippen LogP contribution in [0.1, 0.15) is 0 Å². The molecule has 2 N–H and O–H groups in total. The van der Waals surface area contributed by atoms with Crippen LogP contribution in [0.2, 0.25) is 0 Å². The van der Waals surface area contributed by atoms with E-state index < -0.39 is 4.92 Å². The molecule has 0 saturated carbocycles. The zero-order valence-corrected chi connectivity index (χ0v) is 13.7. The number of nitrogens with zero attached hydrogens (tertiary/aromatic N) is 2. The molecule has 1 heterocycles. The maximum atomic E-state index is 11.9. The van der Waals surface area contributed by atoms with Gasteiger partial charge in [0.15, 0.2) is 5.82 Å². The number of anilines is 2. The van der Waals surface area contributed by atoms with Crippen LogP contribution in [0.3, 0.4) is 0 Å². The van der Waals surface area contributed by atoms with Gasteiger partial charge < -0.3 is 10.4 Å². The minimum absolute atomic E-state index is 0.0166. The first-order valence-corrected chi connectivity index (χ1v) is 8.04. The van der Waals surface area contributed by atoms with E-state index in [1.165, 1.54) is 12.1 Å². The van der Waals surface area contributed by atoms with Crippen LogP contribution >= 0.6 is 0 Å². The summed E-state index contributed by atoms with van der Waals surface area (Å²) in [5.41, 5.74) is 2.08. The minimum atomic E-state index is -0.424. The molecule has 4 aromatic rings. The number of aromatic nitrogens is 1. The molecule has 0 spiro atoms. The lowest BCUT2D eigenvalue weighted by molar-refractivity contribution is -0.382. The van der Waals surface area contributed by atoms with Crippen LogP contribution in [-0.4, -0.2) is 14.6 Å². The zero-order valence-electron chi connectivity index (χ0n) is 13.7. The van der Waals surface area contributed by atoms with Gasteiger partial charge in [0, 0.05) is 11.4 Å². The van der Waals surface area contributed by atoms with Gasteiger partial charge >= 0.3 is 5.69 Å². The van der Waals surface area contributed by atoms with Crippen molar-refractivity contribution in [2.75, 3.05) is 5.32 Å². The summed E-state index contributed by atoms with van der Waals surface area (Å²) in [5.74, 6) is 0.324. The van der Waals surface area contributed by atoms with Crippen molar-refractivity contribution in [3.63, 3.8) is 0 Å². The molecule has 128 valence electrons. The van der Waals surface area contributed by atoms with E-state index in [4.69, 9.17) is 0 Å². The Bertz CT molecular complexity index is 1090. The first-order chi connectivity index (χ1) is 12.6. The average molecular weight is 345 g/mol. The predicted molar refractivity (Wildman–Crippen MR) is 101 cm³/mol. The summed E-state index contributed by atoms with van der Waals surface area (Å²) in [4.78, 5) is 11.4. The summed E-state index contributed by atoms with van der Waals surface area (Å²) in [6, 6.07) is 23.3. The Morgan fingerprint density at radius 2 is 1.58 bits per heavy atom. The van der Waals surface area contributed by atoms with Gasteiger partial charge in [-0.15, -0.1) is 0 Å². The van der Waals surface area contributed by atoms with Crippen LogP contribution in [0.5, 0.6) is 5.75 Å². The smallest absolute Gasteiger partial charge is 0.319 e. The molecular weight excluding hydrogens is 330 g/mol. The highest BCUT2D eigenvalue weighted by atomic mass is 16.6. The molecule has 0 aliphatic rings. The van der Waals surface area contributed by atoms with E-state index in [-0.39, 0.29) is 11.4 Å². The van der Waals surface area contributed by atoms with Gasteiger partial charge in [0.1, 0.15) is 5.75 Å². The molecule has 26 heavy (non-hydrogen) atoms. The van der Waals surface area contributed by atoms with Crippen molar-refractivity contribution < 1.29 is 10.0 Å². The minimum Gasteiger partial charge on any atom is -0.508 e. The number of aromatic hydroxyl groups is 1. The van der Waals surface area contributed by atoms with Crippen LogP contribution in [-0.2, 0) is 0 Å². The Morgan fingerprint density at radius 1 is 0.923 bits per heavy atom. The Morgan fingerprint density at radius 3 is 2.23 bits per heavy atom. The van der Waals surface area contributed by atoms with E-state index >= 15 is 0 Å². The second-order valence-corrected chi connectivity index (χ2v) is 5.82. The van der Waals surface area contributed by atoms with Gasteiger partial charge in [0.2, 0.25) is 0 Å². The Kier molecular flexibility index (Phi) is 3.78. The molecule has 0 aliphatic carbocycles. The van der Waals surface area contributed by atoms with Crippen LogP contribution < -0.4 is 5.32 Å². The van der Waals surface area contributed by atoms with Gasteiger partial charge in [-0.1, -0.05) is 36.4 Å². The third-order valence-electron chi connectivity index (χ3n) is 4.16. The third kappa shape index (κ3) is 2.63. The summed E-state index contributed by atoms with van der Waals surface area (Å²) >= 11 is 0. The zero-order chi connectivity index (χ0) is 18.1. The number of nitro groups is 1. The van der Waals surface area contributed by atoms with Crippen molar-refractivity contribution in [1.29, 1.82) is 0 Å². The van der Waals surface area contributed by atoms with Crippen LogP contribution in [0, 0.1) is 10.1 Å². The molecule has 6 heteroatoms. The van der Waals surface area contributed by atoms with Gasteiger partial charge in [0.25, 0.3) is 0 Å². The molecule has 0 unspecified atom stereocenters. The first-order valence-electron chi connectivity index (χ1n) is 8.04. The molecule has 0 amide bonds. The predicted octanol–water partition coefficient (Wildman–Crippen LogP) is 4.99. The molecule has 6 nitrogen and oxygen atoms in total. The standard InChI is InChI=1S/C20H15N3O3/c24-16-11-12-18-17(13-16)19(23(25)26)20(21-14-7-3-1-4-8-14)22(18)15-9-5-2-6-10-15/h1-13,21,24H. The van der Waals surface area contributed by atoms with E-state index in [0.29, 0.717) is 16.7 Å². The molecule has 0 fully saturated rings. The lowest BCUT2D eigenvalue weighted by Crippen LogP contribution is -2.02. The molecule has 0 bridgehead atoms. The average Bonchev–Trinajstić information content (AvgIpc) is 2.96. The van der Waals surface area contributed by atoms with Crippen LogP contribution in [0.4, 0.5) is 17.2 Å². The van der Waals surface area contributed by atoms with E-state index in [2.05, 4.69) is 5.32 Å². The SMILES string of the molecule is O=[N+]([O-])c1c(Nc2ccccc2)n(-c2ccccc2)c2ccc(O)cc12. The summed E-state index contributed by atoms with van der Waals surface area (Å²) in [6.07, 6.45) is 0. The first kappa shape index (κ1) is 15.7. The summed E-state index contributed by atoms with van der Waals surface area (Å²) < 4.78 is 1.79. The summed E-state index contributed by atoms with van der Waals surface area (Å²) in [7, 11) is 0. The number of fused-ring (bicyclic) bond motifs is 1. The van der Waals surface area contributed by atoms with Gasteiger partial charge in [-0.2, -0.15) is 0 Å². The second kappa shape index (κ2) is 6.25. The number of hydrogen-bond donors (Lipinski definition) is 2. The van der Waals surface area contributed by atoms with Gasteiger partial charge in [-0.05, 0) is 42.5 Å². The van der Waals surface area contributed by atoms with E-state index in [9.17, 15) is 15.2 Å². The maximum absolute atomic E-state index is 11.9. The normalized spacial score (nSPS) is 10.8. The number of para-hydroxylation sites is 2. The largest absolute Gasteiger partial charge is 0.508 e. The molecule has 0 saturated heterocycles. The highest BCUT2D eigenvalue weighted by Crippen LogP contribution is 2.41. The fourth-order valence-corrected chi connectivity index (χ4v) is 3.07. The number of benzene rings is 3. The Balaban J connectivity index is 2.06. The third-order valence-corrected chi connectivity index (χ3v) is 4.16. The highest BCUT2D eigenvalue weighted by Gasteiger charge is 2.27. The van der Waals surface area contributed by atoms with E-state index in [1.807, 2.05) is 60.7 Å². The fourth-order valence-electron chi connectivity index (χ4n) is 3.07. The van der Waals surface area contributed by atoms with Gasteiger partial charge in [-0.25, -0.2) is 0 Å². The van der Waals surface area contributed by atoms with Crippen molar-refractivity contribution in [2.45, 2.75) is 0 Å². The monoisotopic (exact) mass is 345 g/mol. The van der Waals surface area contributed by atoms with Crippen molar-refractivity contribution >= 4 is 28.1 Å². The lowest BCUT2D eigenvalue weighted by atomic mass is 10.2. The number of nitrogens with one attached hydrogen (secondary N) is 1. The van der Waals surface area contributed by atoms with Gasteiger partial charge in [-0.3, -0.25) is 14.7 Å². The van der Waals surface area contributed by atoms with Crippen LogP contribution in [0.25, 0.3) is 16.6 Å². The summed E-state index contributed by atoms with van der Waals surface area (Å²) in [5, 5.41) is 25.2.